The Bertz CT molecular complexity index is 972. The summed E-state index contributed by atoms with van der Waals surface area (Å²) in [6, 6.07) is 17.9. The lowest BCUT2D eigenvalue weighted by Gasteiger charge is -2.21. The molecule has 2 aromatic carbocycles. The van der Waals surface area contributed by atoms with E-state index in [0.717, 1.165) is 21.4 Å². The topological polar surface area (TPSA) is 51.0 Å². The zero-order valence-electron chi connectivity index (χ0n) is 16.5. The van der Waals surface area contributed by atoms with Crippen molar-refractivity contribution in [1.29, 1.82) is 0 Å². The van der Waals surface area contributed by atoms with Crippen molar-refractivity contribution in [3.8, 4) is 11.4 Å². The number of nitrogens with zero attached hydrogens (tertiary/aromatic N) is 4. The Labute approximate surface area is 184 Å². The number of rotatable bonds is 8. The number of amides is 1. The summed E-state index contributed by atoms with van der Waals surface area (Å²) < 4.78 is 2.99. The van der Waals surface area contributed by atoms with Gasteiger partial charge >= 0.3 is 0 Å². The van der Waals surface area contributed by atoms with Crippen molar-refractivity contribution >= 4 is 33.6 Å². The van der Waals surface area contributed by atoms with Crippen LogP contribution in [-0.4, -0.2) is 37.9 Å². The number of thioether (sulfide) groups is 1. The molecule has 3 rings (SSSR count). The zero-order chi connectivity index (χ0) is 20.8. The lowest BCUT2D eigenvalue weighted by atomic mass is 10.2. The molecule has 0 saturated carbocycles. The van der Waals surface area contributed by atoms with Crippen molar-refractivity contribution < 1.29 is 4.79 Å². The van der Waals surface area contributed by atoms with Crippen LogP contribution in [0.25, 0.3) is 11.4 Å². The Hall–Kier alpha value is -2.38. The van der Waals surface area contributed by atoms with Gasteiger partial charge < -0.3 is 4.90 Å². The van der Waals surface area contributed by atoms with Crippen molar-refractivity contribution in [1.82, 2.24) is 19.7 Å². The van der Waals surface area contributed by atoms with Gasteiger partial charge in [0, 0.05) is 30.2 Å². The molecule has 0 spiro atoms. The van der Waals surface area contributed by atoms with E-state index in [9.17, 15) is 4.79 Å². The van der Waals surface area contributed by atoms with Crippen LogP contribution in [0.4, 0.5) is 0 Å². The summed E-state index contributed by atoms with van der Waals surface area (Å²) in [5, 5.41) is 9.13. The molecular weight excluding hydrogens is 448 g/mol. The summed E-state index contributed by atoms with van der Waals surface area (Å²) in [7, 11) is 1.83. The fourth-order valence-electron chi connectivity index (χ4n) is 2.94. The highest BCUT2D eigenvalue weighted by Crippen LogP contribution is 2.28. The predicted molar refractivity (Wildman–Crippen MR) is 122 cm³/mol. The third kappa shape index (κ3) is 5.36. The molecular formula is C22H23BrN4OS. The second-order valence-electron chi connectivity index (χ2n) is 6.65. The summed E-state index contributed by atoms with van der Waals surface area (Å²) in [4.78, 5) is 14.6. The fourth-order valence-corrected chi connectivity index (χ4v) is 4.17. The normalized spacial score (nSPS) is 11.8. The molecule has 1 unspecified atom stereocenters. The summed E-state index contributed by atoms with van der Waals surface area (Å²) in [6.45, 7) is 6.90. The third-order valence-corrected chi connectivity index (χ3v) is 6.00. The number of carbonyl (C=O) groups is 1. The van der Waals surface area contributed by atoms with Crippen molar-refractivity contribution in [2.75, 3.05) is 7.05 Å². The van der Waals surface area contributed by atoms with Gasteiger partial charge in [-0.25, -0.2) is 0 Å². The number of hydrogen-bond donors (Lipinski definition) is 0. The third-order valence-electron chi connectivity index (χ3n) is 4.40. The predicted octanol–water partition coefficient (Wildman–Crippen LogP) is 5.03. The van der Waals surface area contributed by atoms with E-state index in [4.69, 9.17) is 0 Å². The molecule has 0 aliphatic heterocycles. The summed E-state index contributed by atoms with van der Waals surface area (Å²) in [5.41, 5.74) is 2.07. The van der Waals surface area contributed by atoms with Gasteiger partial charge in [-0.15, -0.1) is 16.8 Å². The smallest absolute Gasteiger partial charge is 0.235 e. The van der Waals surface area contributed by atoms with E-state index in [0.29, 0.717) is 18.2 Å². The first-order valence-corrected chi connectivity index (χ1v) is 10.9. The zero-order valence-corrected chi connectivity index (χ0v) is 18.9. The lowest BCUT2D eigenvalue weighted by molar-refractivity contribution is -0.129. The molecule has 1 aromatic heterocycles. The molecule has 0 radical (unpaired) electrons. The van der Waals surface area contributed by atoms with Crippen molar-refractivity contribution in [2.24, 2.45) is 0 Å². The number of aromatic nitrogens is 3. The maximum absolute atomic E-state index is 12.9. The lowest BCUT2D eigenvalue weighted by Crippen LogP contribution is -2.33. The van der Waals surface area contributed by atoms with Crippen LogP contribution < -0.4 is 0 Å². The van der Waals surface area contributed by atoms with Gasteiger partial charge in [-0.1, -0.05) is 76.2 Å². The number of hydrogen-bond acceptors (Lipinski definition) is 4. The number of benzene rings is 2. The van der Waals surface area contributed by atoms with Crippen molar-refractivity contribution in [3.05, 3.63) is 77.3 Å². The van der Waals surface area contributed by atoms with Gasteiger partial charge in [0.2, 0.25) is 5.91 Å². The fraction of sp³-hybridized carbons (Fsp3) is 0.227. The van der Waals surface area contributed by atoms with Gasteiger partial charge in [-0.3, -0.25) is 9.36 Å². The SMILES string of the molecule is C=CCn1c(SC(C)C(=O)N(C)Cc2ccccc2)nnc1-c1ccc(Br)cc1. The molecule has 0 N–H and O–H groups in total. The minimum absolute atomic E-state index is 0.0530. The van der Waals surface area contributed by atoms with E-state index >= 15 is 0 Å². The number of halogens is 1. The molecule has 1 atom stereocenters. The van der Waals surface area contributed by atoms with E-state index in [1.165, 1.54) is 11.8 Å². The van der Waals surface area contributed by atoms with Crippen LogP contribution in [0.3, 0.4) is 0 Å². The first-order chi connectivity index (χ1) is 14.0. The molecule has 5 nitrogen and oxygen atoms in total. The molecule has 1 amide bonds. The van der Waals surface area contributed by atoms with Gasteiger partial charge in [0.25, 0.3) is 0 Å². The van der Waals surface area contributed by atoms with Crippen LogP contribution in [0.2, 0.25) is 0 Å². The van der Waals surface area contributed by atoms with Gasteiger partial charge in [-0.2, -0.15) is 0 Å². The highest BCUT2D eigenvalue weighted by Gasteiger charge is 2.23. The molecule has 0 saturated heterocycles. The highest BCUT2D eigenvalue weighted by atomic mass is 79.9. The van der Waals surface area contributed by atoms with Gasteiger partial charge in [0.05, 0.1) is 5.25 Å². The van der Waals surface area contributed by atoms with Crippen LogP contribution in [0, 0.1) is 0 Å². The second-order valence-corrected chi connectivity index (χ2v) is 8.88. The molecule has 150 valence electrons. The van der Waals surface area contributed by atoms with Crippen LogP contribution in [0.5, 0.6) is 0 Å². The Balaban J connectivity index is 1.75. The molecule has 7 heteroatoms. The average molecular weight is 471 g/mol. The van der Waals surface area contributed by atoms with E-state index in [1.54, 1.807) is 4.90 Å². The van der Waals surface area contributed by atoms with Gasteiger partial charge in [-0.05, 0) is 24.6 Å². The second kappa shape index (κ2) is 9.89. The Morgan fingerprint density at radius 3 is 2.55 bits per heavy atom. The monoisotopic (exact) mass is 470 g/mol. The molecule has 29 heavy (non-hydrogen) atoms. The van der Waals surface area contributed by atoms with Crippen LogP contribution in [0.1, 0.15) is 12.5 Å². The Morgan fingerprint density at radius 2 is 1.90 bits per heavy atom. The van der Waals surface area contributed by atoms with Crippen LogP contribution >= 0.6 is 27.7 Å². The summed E-state index contributed by atoms with van der Waals surface area (Å²) >= 11 is 4.87. The first kappa shape index (κ1) is 21.3. The van der Waals surface area contributed by atoms with E-state index in [1.807, 2.05) is 79.2 Å². The molecule has 0 fully saturated rings. The van der Waals surface area contributed by atoms with E-state index in [-0.39, 0.29) is 11.2 Å². The maximum atomic E-state index is 12.9. The molecule has 1 heterocycles. The van der Waals surface area contributed by atoms with Crippen LogP contribution in [-0.2, 0) is 17.9 Å². The number of carbonyl (C=O) groups excluding carboxylic acids is 1. The Kier molecular flexibility index (Phi) is 7.28. The quantitative estimate of drug-likeness (QED) is 0.342. The van der Waals surface area contributed by atoms with Gasteiger partial charge in [0.15, 0.2) is 11.0 Å². The largest absolute Gasteiger partial charge is 0.340 e. The summed E-state index contributed by atoms with van der Waals surface area (Å²) in [5.74, 6) is 0.814. The van der Waals surface area contributed by atoms with Crippen LogP contribution in [0.15, 0.2) is 76.9 Å². The first-order valence-electron chi connectivity index (χ1n) is 9.25. The number of allylic oxidation sites excluding steroid dienone is 1. The minimum atomic E-state index is -0.283. The van der Waals surface area contributed by atoms with Crippen molar-refractivity contribution in [2.45, 2.75) is 30.4 Å². The molecule has 0 bridgehead atoms. The highest BCUT2D eigenvalue weighted by molar-refractivity contribution is 9.10. The molecule has 3 aromatic rings. The van der Waals surface area contributed by atoms with Crippen molar-refractivity contribution in [3.63, 3.8) is 0 Å². The van der Waals surface area contributed by atoms with E-state index in [2.05, 4.69) is 32.7 Å². The van der Waals surface area contributed by atoms with E-state index < -0.39 is 0 Å². The standard InChI is InChI=1S/C22H23BrN4OS/c1-4-14-27-20(18-10-12-19(23)13-11-18)24-25-22(27)29-16(2)21(28)26(3)15-17-8-6-5-7-9-17/h4-13,16H,1,14-15H2,2-3H3. The molecule has 0 aliphatic rings. The minimum Gasteiger partial charge on any atom is -0.340 e. The summed E-state index contributed by atoms with van der Waals surface area (Å²) in [6.07, 6.45) is 1.81. The average Bonchev–Trinajstić information content (AvgIpc) is 3.11. The molecule has 0 aliphatic carbocycles. The maximum Gasteiger partial charge on any atom is 0.235 e. The van der Waals surface area contributed by atoms with Gasteiger partial charge in [0.1, 0.15) is 0 Å². The Morgan fingerprint density at radius 1 is 1.21 bits per heavy atom.